The van der Waals surface area contributed by atoms with Gasteiger partial charge < -0.3 is 0 Å². The highest BCUT2D eigenvalue weighted by Gasteiger charge is 2.20. The summed E-state index contributed by atoms with van der Waals surface area (Å²) in [7, 11) is 0. The lowest BCUT2D eigenvalue weighted by Gasteiger charge is -2.20. The molecule has 96 valence electrons. The van der Waals surface area contributed by atoms with Crippen LogP contribution < -0.4 is 0 Å². The molecule has 1 unspecified atom stereocenters. The Morgan fingerprint density at radius 3 is 2.82 bits per heavy atom. The Bertz CT molecular complexity index is 353. The SMILES string of the molecule is CC(C)C1CCCN(Cc2nnc(Cl)s2)CC1. The first-order chi connectivity index (χ1) is 8.15. The van der Waals surface area contributed by atoms with Crippen molar-refractivity contribution >= 4 is 22.9 Å². The third kappa shape index (κ3) is 3.90. The van der Waals surface area contributed by atoms with Gasteiger partial charge in [0, 0.05) is 0 Å². The van der Waals surface area contributed by atoms with Crippen molar-refractivity contribution in [2.75, 3.05) is 13.1 Å². The number of aromatic nitrogens is 2. The molecule has 5 heteroatoms. The van der Waals surface area contributed by atoms with E-state index in [2.05, 4.69) is 28.9 Å². The molecule has 0 spiro atoms. The summed E-state index contributed by atoms with van der Waals surface area (Å²) < 4.78 is 0.551. The molecule has 0 saturated carbocycles. The summed E-state index contributed by atoms with van der Waals surface area (Å²) in [5.74, 6) is 1.70. The smallest absolute Gasteiger partial charge is 0.207 e. The van der Waals surface area contributed by atoms with Crippen molar-refractivity contribution in [3.05, 3.63) is 9.47 Å². The summed E-state index contributed by atoms with van der Waals surface area (Å²) >= 11 is 7.30. The van der Waals surface area contributed by atoms with Crippen LogP contribution in [0.1, 0.15) is 38.1 Å². The molecule has 1 atom stereocenters. The highest BCUT2D eigenvalue weighted by molar-refractivity contribution is 7.15. The molecule has 1 aromatic heterocycles. The molecule has 0 N–H and O–H groups in total. The third-order valence-electron chi connectivity index (χ3n) is 3.61. The van der Waals surface area contributed by atoms with Gasteiger partial charge >= 0.3 is 0 Å². The summed E-state index contributed by atoms with van der Waals surface area (Å²) in [6.07, 6.45) is 3.98. The van der Waals surface area contributed by atoms with Crippen LogP contribution in [0.4, 0.5) is 0 Å². The molecule has 1 aliphatic heterocycles. The van der Waals surface area contributed by atoms with E-state index in [4.69, 9.17) is 11.6 Å². The van der Waals surface area contributed by atoms with Crippen LogP contribution in [0.15, 0.2) is 0 Å². The largest absolute Gasteiger partial charge is 0.297 e. The Labute approximate surface area is 112 Å². The Kier molecular flexibility index (Phi) is 4.77. The standard InChI is InChI=1S/C12H20ClN3S/c1-9(2)10-4-3-6-16(7-5-10)8-11-14-15-12(13)17-11/h9-10H,3-8H2,1-2H3. The second-order valence-corrected chi connectivity index (χ2v) is 6.80. The first kappa shape index (κ1) is 13.2. The summed E-state index contributed by atoms with van der Waals surface area (Å²) in [5.41, 5.74) is 0. The van der Waals surface area contributed by atoms with E-state index >= 15 is 0 Å². The van der Waals surface area contributed by atoms with E-state index in [1.54, 1.807) is 0 Å². The van der Waals surface area contributed by atoms with Crippen LogP contribution in [0.25, 0.3) is 0 Å². The van der Waals surface area contributed by atoms with Crippen LogP contribution in [0.3, 0.4) is 0 Å². The van der Waals surface area contributed by atoms with Crippen LogP contribution in [0, 0.1) is 11.8 Å². The average Bonchev–Trinajstić information content (AvgIpc) is 2.54. The van der Waals surface area contributed by atoms with Crippen molar-refractivity contribution in [2.24, 2.45) is 11.8 Å². The summed E-state index contributed by atoms with van der Waals surface area (Å²) in [6.45, 7) is 7.95. The van der Waals surface area contributed by atoms with Gasteiger partial charge in [-0.05, 0) is 55.8 Å². The summed E-state index contributed by atoms with van der Waals surface area (Å²) in [4.78, 5) is 2.49. The molecule has 0 aromatic carbocycles. The van der Waals surface area contributed by atoms with Gasteiger partial charge in [-0.15, -0.1) is 10.2 Å². The fraction of sp³-hybridized carbons (Fsp3) is 0.833. The highest BCUT2D eigenvalue weighted by Crippen LogP contribution is 2.25. The third-order valence-corrected chi connectivity index (χ3v) is 4.61. The minimum atomic E-state index is 0.551. The monoisotopic (exact) mass is 273 g/mol. The van der Waals surface area contributed by atoms with E-state index in [0.717, 1.165) is 23.4 Å². The maximum Gasteiger partial charge on any atom is 0.207 e. The molecule has 2 rings (SSSR count). The van der Waals surface area contributed by atoms with Gasteiger partial charge in [0.05, 0.1) is 6.54 Å². The molecule has 17 heavy (non-hydrogen) atoms. The molecule has 0 amide bonds. The lowest BCUT2D eigenvalue weighted by molar-refractivity contribution is 0.264. The zero-order chi connectivity index (χ0) is 12.3. The van der Waals surface area contributed by atoms with Crippen molar-refractivity contribution in [1.29, 1.82) is 0 Å². The molecule has 0 bridgehead atoms. The van der Waals surface area contributed by atoms with Crippen LogP contribution in [-0.4, -0.2) is 28.2 Å². The van der Waals surface area contributed by atoms with Gasteiger partial charge in [-0.2, -0.15) is 0 Å². The molecule has 2 heterocycles. The number of halogens is 1. The molecule has 1 saturated heterocycles. The summed E-state index contributed by atoms with van der Waals surface area (Å²) in [6, 6.07) is 0. The maximum atomic E-state index is 5.80. The second kappa shape index (κ2) is 6.12. The molecule has 1 fully saturated rings. The number of likely N-dealkylation sites (tertiary alicyclic amines) is 1. The topological polar surface area (TPSA) is 29.0 Å². The Hall–Kier alpha value is -0.190. The van der Waals surface area contributed by atoms with Crippen LogP contribution >= 0.6 is 22.9 Å². The van der Waals surface area contributed by atoms with Gasteiger partial charge in [-0.25, -0.2) is 0 Å². The van der Waals surface area contributed by atoms with Crippen molar-refractivity contribution in [1.82, 2.24) is 15.1 Å². The van der Waals surface area contributed by atoms with E-state index in [-0.39, 0.29) is 0 Å². The lowest BCUT2D eigenvalue weighted by atomic mass is 9.89. The van der Waals surface area contributed by atoms with Crippen LogP contribution in [0.5, 0.6) is 0 Å². The van der Waals surface area contributed by atoms with Crippen molar-refractivity contribution in [3.8, 4) is 0 Å². The number of hydrogen-bond donors (Lipinski definition) is 0. The zero-order valence-electron chi connectivity index (χ0n) is 10.5. The zero-order valence-corrected chi connectivity index (χ0v) is 12.1. The first-order valence-corrected chi connectivity index (χ1v) is 7.55. The molecule has 0 aliphatic carbocycles. The first-order valence-electron chi connectivity index (χ1n) is 6.35. The minimum Gasteiger partial charge on any atom is -0.297 e. The molecule has 3 nitrogen and oxygen atoms in total. The van der Waals surface area contributed by atoms with Crippen molar-refractivity contribution in [3.63, 3.8) is 0 Å². The molecule has 0 radical (unpaired) electrons. The van der Waals surface area contributed by atoms with Gasteiger partial charge in [0.25, 0.3) is 0 Å². The maximum absolute atomic E-state index is 5.80. The van der Waals surface area contributed by atoms with E-state index in [0.29, 0.717) is 4.47 Å². The quantitative estimate of drug-likeness (QED) is 0.845. The molecular weight excluding hydrogens is 254 g/mol. The Balaban J connectivity index is 1.86. The van der Waals surface area contributed by atoms with Crippen molar-refractivity contribution < 1.29 is 0 Å². The van der Waals surface area contributed by atoms with E-state index in [1.807, 2.05) is 0 Å². The van der Waals surface area contributed by atoms with Gasteiger partial charge in [-0.1, -0.05) is 25.2 Å². The van der Waals surface area contributed by atoms with Crippen molar-refractivity contribution in [2.45, 2.75) is 39.7 Å². The normalized spacial score (nSPS) is 22.9. The lowest BCUT2D eigenvalue weighted by Crippen LogP contribution is -2.24. The van der Waals surface area contributed by atoms with Gasteiger partial charge in [0.15, 0.2) is 0 Å². The minimum absolute atomic E-state index is 0.551. The predicted octanol–water partition coefficient (Wildman–Crippen LogP) is 3.45. The van der Waals surface area contributed by atoms with Gasteiger partial charge in [0.1, 0.15) is 5.01 Å². The Morgan fingerprint density at radius 2 is 2.18 bits per heavy atom. The van der Waals surface area contributed by atoms with Gasteiger partial charge in [0.2, 0.25) is 4.47 Å². The van der Waals surface area contributed by atoms with Crippen LogP contribution in [0.2, 0.25) is 4.47 Å². The number of hydrogen-bond acceptors (Lipinski definition) is 4. The fourth-order valence-electron chi connectivity index (χ4n) is 2.49. The predicted molar refractivity (Wildman–Crippen MR) is 72.4 cm³/mol. The fourth-order valence-corrected chi connectivity index (χ4v) is 3.40. The van der Waals surface area contributed by atoms with E-state index < -0.39 is 0 Å². The Morgan fingerprint density at radius 1 is 1.35 bits per heavy atom. The second-order valence-electron chi connectivity index (χ2n) is 5.16. The molecular formula is C12H20ClN3S. The van der Waals surface area contributed by atoms with E-state index in [9.17, 15) is 0 Å². The average molecular weight is 274 g/mol. The van der Waals surface area contributed by atoms with E-state index in [1.165, 1.54) is 43.7 Å². The molecule has 1 aliphatic rings. The highest BCUT2D eigenvalue weighted by atomic mass is 35.5. The number of rotatable bonds is 3. The number of nitrogens with zero attached hydrogens (tertiary/aromatic N) is 3. The van der Waals surface area contributed by atoms with Crippen LogP contribution in [-0.2, 0) is 6.54 Å². The van der Waals surface area contributed by atoms with Gasteiger partial charge in [-0.3, -0.25) is 4.90 Å². The molecule has 1 aromatic rings. The summed E-state index contributed by atoms with van der Waals surface area (Å²) in [5, 5.41) is 8.99.